The van der Waals surface area contributed by atoms with Crippen molar-refractivity contribution in [3.8, 4) is 0 Å². The molecule has 0 unspecified atom stereocenters. The third kappa shape index (κ3) is 9.57. The molecule has 162 valence electrons. The zero-order valence-corrected chi connectivity index (χ0v) is 18.5. The Morgan fingerprint density at radius 1 is 1.32 bits per heavy atom. The van der Waals surface area contributed by atoms with E-state index >= 15 is 0 Å². The van der Waals surface area contributed by atoms with Crippen LogP contribution in [0, 0.1) is 11.8 Å². The van der Waals surface area contributed by atoms with Crippen LogP contribution in [0.1, 0.15) is 71.6 Å². The molecule has 1 aliphatic carbocycles. The van der Waals surface area contributed by atoms with Gasteiger partial charge in [-0.05, 0) is 30.9 Å². The Morgan fingerprint density at radius 2 is 2.07 bits per heavy atom. The van der Waals surface area contributed by atoms with E-state index in [-0.39, 0.29) is 29.3 Å². The molecule has 28 heavy (non-hydrogen) atoms. The van der Waals surface area contributed by atoms with Gasteiger partial charge in [0.25, 0.3) is 0 Å². The van der Waals surface area contributed by atoms with Crippen LogP contribution in [0.5, 0.6) is 0 Å². The number of hydrogen-bond donors (Lipinski definition) is 2. The Morgan fingerprint density at radius 3 is 2.75 bits per heavy atom. The van der Waals surface area contributed by atoms with Crippen LogP contribution >= 0.6 is 11.8 Å². The van der Waals surface area contributed by atoms with E-state index in [1.54, 1.807) is 17.8 Å². The molecular formula is C22H38O5S. The van der Waals surface area contributed by atoms with E-state index in [2.05, 4.69) is 18.6 Å². The van der Waals surface area contributed by atoms with Crippen molar-refractivity contribution in [1.29, 1.82) is 0 Å². The summed E-state index contributed by atoms with van der Waals surface area (Å²) in [4.78, 5) is 23.3. The number of ketones is 1. The summed E-state index contributed by atoms with van der Waals surface area (Å²) in [7, 11) is 1.39. The number of carbonyl (C=O) groups is 2. The van der Waals surface area contributed by atoms with Crippen LogP contribution in [-0.2, 0) is 14.3 Å². The maximum Gasteiger partial charge on any atom is 0.305 e. The van der Waals surface area contributed by atoms with Crippen LogP contribution in [0.15, 0.2) is 12.2 Å². The Balaban J connectivity index is 2.41. The lowest BCUT2D eigenvalue weighted by molar-refractivity contribution is -0.140. The first kappa shape index (κ1) is 25.2. The molecule has 6 heteroatoms. The van der Waals surface area contributed by atoms with Gasteiger partial charge in [0.2, 0.25) is 0 Å². The van der Waals surface area contributed by atoms with E-state index in [9.17, 15) is 19.8 Å². The molecule has 2 N–H and O–H groups in total. The van der Waals surface area contributed by atoms with Gasteiger partial charge >= 0.3 is 5.97 Å². The second-order valence-electron chi connectivity index (χ2n) is 7.93. The van der Waals surface area contributed by atoms with E-state index < -0.39 is 12.2 Å². The number of ether oxygens (including phenoxy) is 1. The molecule has 0 saturated heterocycles. The number of Topliss-reactive ketones (excluding diaryl/α,β-unsaturated/α-hetero) is 1. The number of thioether (sulfide) groups is 1. The van der Waals surface area contributed by atoms with Crippen molar-refractivity contribution >= 4 is 23.5 Å². The monoisotopic (exact) mass is 414 g/mol. The van der Waals surface area contributed by atoms with Crippen LogP contribution in [-0.4, -0.2) is 52.3 Å². The molecule has 0 amide bonds. The highest BCUT2D eigenvalue weighted by Crippen LogP contribution is 2.34. The van der Waals surface area contributed by atoms with Crippen LogP contribution in [0.2, 0.25) is 0 Å². The molecule has 0 bridgehead atoms. The van der Waals surface area contributed by atoms with Crippen molar-refractivity contribution in [3.63, 3.8) is 0 Å². The number of rotatable bonds is 14. The molecular weight excluding hydrogens is 376 g/mol. The Labute approximate surface area is 174 Å². The molecule has 0 radical (unpaired) electrons. The number of hydrogen-bond acceptors (Lipinski definition) is 6. The topological polar surface area (TPSA) is 83.8 Å². The predicted molar refractivity (Wildman–Crippen MR) is 114 cm³/mol. The number of carbonyl (C=O) groups excluding carboxylic acids is 2. The van der Waals surface area contributed by atoms with Gasteiger partial charge in [0.1, 0.15) is 5.78 Å². The van der Waals surface area contributed by atoms with Crippen molar-refractivity contribution in [3.05, 3.63) is 12.2 Å². The van der Waals surface area contributed by atoms with Gasteiger partial charge in [-0.1, -0.05) is 51.7 Å². The zero-order chi connectivity index (χ0) is 20.9. The summed E-state index contributed by atoms with van der Waals surface area (Å²) >= 11 is 1.59. The molecule has 1 fully saturated rings. The van der Waals surface area contributed by atoms with Gasteiger partial charge in [-0.15, -0.1) is 11.8 Å². The Kier molecular flexibility index (Phi) is 12.8. The molecule has 0 spiro atoms. The van der Waals surface area contributed by atoms with Crippen molar-refractivity contribution < 1.29 is 24.5 Å². The lowest BCUT2D eigenvalue weighted by atomic mass is 9.96. The summed E-state index contributed by atoms with van der Waals surface area (Å²) in [5.74, 6) is 0.964. The lowest BCUT2D eigenvalue weighted by Crippen LogP contribution is -2.22. The van der Waals surface area contributed by atoms with Gasteiger partial charge in [-0.25, -0.2) is 0 Å². The summed E-state index contributed by atoms with van der Waals surface area (Å²) in [5.41, 5.74) is 0. The highest BCUT2D eigenvalue weighted by atomic mass is 32.2. The fourth-order valence-corrected chi connectivity index (χ4v) is 4.99. The van der Waals surface area contributed by atoms with Crippen LogP contribution in [0.3, 0.4) is 0 Å². The molecule has 0 aromatic heterocycles. The minimum absolute atomic E-state index is 0.0903. The summed E-state index contributed by atoms with van der Waals surface area (Å²) in [5, 5.41) is 20.3. The molecule has 0 aliphatic heterocycles. The van der Waals surface area contributed by atoms with Crippen molar-refractivity contribution in [2.45, 2.75) is 89.1 Å². The number of methoxy groups -OCH3 is 1. The van der Waals surface area contributed by atoms with E-state index in [4.69, 9.17) is 0 Å². The molecule has 1 saturated carbocycles. The van der Waals surface area contributed by atoms with Gasteiger partial charge in [0.15, 0.2) is 0 Å². The van der Waals surface area contributed by atoms with Crippen molar-refractivity contribution in [1.82, 2.24) is 0 Å². The Hall–Kier alpha value is -0.850. The van der Waals surface area contributed by atoms with Crippen LogP contribution in [0.25, 0.3) is 0 Å². The number of aliphatic hydroxyl groups is 2. The number of esters is 1. The van der Waals surface area contributed by atoms with Crippen LogP contribution < -0.4 is 0 Å². The normalized spacial score (nSPS) is 24.6. The smallest absolute Gasteiger partial charge is 0.305 e. The van der Waals surface area contributed by atoms with E-state index in [1.807, 2.05) is 6.08 Å². The van der Waals surface area contributed by atoms with Crippen molar-refractivity contribution in [2.75, 3.05) is 12.9 Å². The fourth-order valence-electron chi connectivity index (χ4n) is 3.59. The second-order valence-corrected chi connectivity index (χ2v) is 9.18. The highest BCUT2D eigenvalue weighted by Gasteiger charge is 2.40. The fraction of sp³-hybridized carbons (Fsp3) is 0.818. The minimum Gasteiger partial charge on any atom is -0.469 e. The number of aliphatic hydroxyl groups excluding tert-OH is 2. The van der Waals surface area contributed by atoms with Gasteiger partial charge < -0.3 is 14.9 Å². The molecule has 0 aromatic rings. The summed E-state index contributed by atoms with van der Waals surface area (Å²) in [6.07, 6.45) is 9.84. The first-order valence-electron chi connectivity index (χ1n) is 10.6. The van der Waals surface area contributed by atoms with Gasteiger partial charge in [-0.3, -0.25) is 9.59 Å². The SMILES string of the molecule is CCCC[C@@H](C)C[C@H](O)/C=C/[C@H]1[C@H](O)CC(=O)[C@H]1SCCCCCC(=O)OC. The molecule has 5 nitrogen and oxygen atoms in total. The molecule has 5 atom stereocenters. The summed E-state index contributed by atoms with van der Waals surface area (Å²) < 4.78 is 4.62. The minimum atomic E-state index is -0.662. The molecule has 0 aromatic carbocycles. The first-order chi connectivity index (χ1) is 13.4. The van der Waals surface area contributed by atoms with Gasteiger partial charge in [-0.2, -0.15) is 0 Å². The number of unbranched alkanes of at least 4 members (excludes halogenated alkanes) is 3. The quantitative estimate of drug-likeness (QED) is 0.255. The van der Waals surface area contributed by atoms with Gasteiger partial charge in [0.05, 0.1) is 24.6 Å². The zero-order valence-electron chi connectivity index (χ0n) is 17.6. The summed E-state index contributed by atoms with van der Waals surface area (Å²) in [6.45, 7) is 4.32. The van der Waals surface area contributed by atoms with E-state index in [0.717, 1.165) is 37.9 Å². The van der Waals surface area contributed by atoms with Gasteiger partial charge in [0, 0.05) is 18.8 Å². The van der Waals surface area contributed by atoms with E-state index in [1.165, 1.54) is 13.5 Å². The standard InChI is InChI=1S/C22H38O5S/c1-4-5-9-16(2)14-17(23)11-12-18-19(24)15-20(25)22(18)28-13-8-6-7-10-21(26)27-3/h11-12,16-19,22-24H,4-10,13-15H2,1-3H3/b12-11+/t16-,17-,18+,19-,22+/m1/s1. The van der Waals surface area contributed by atoms with E-state index in [0.29, 0.717) is 18.8 Å². The third-order valence-electron chi connectivity index (χ3n) is 5.32. The lowest BCUT2D eigenvalue weighted by Gasteiger charge is -2.18. The predicted octanol–water partition coefficient (Wildman–Crippen LogP) is 3.91. The molecule has 1 aliphatic rings. The maximum absolute atomic E-state index is 12.2. The Bertz CT molecular complexity index is 493. The second kappa shape index (κ2) is 14.2. The first-order valence-corrected chi connectivity index (χ1v) is 11.7. The largest absolute Gasteiger partial charge is 0.469 e. The molecule has 0 heterocycles. The third-order valence-corrected chi connectivity index (χ3v) is 6.78. The average Bonchev–Trinajstić information content (AvgIpc) is 2.93. The molecule has 1 rings (SSSR count). The highest BCUT2D eigenvalue weighted by molar-refractivity contribution is 8.00. The van der Waals surface area contributed by atoms with Crippen LogP contribution in [0.4, 0.5) is 0 Å². The van der Waals surface area contributed by atoms with Crippen molar-refractivity contribution in [2.24, 2.45) is 11.8 Å². The average molecular weight is 415 g/mol. The maximum atomic E-state index is 12.2. The summed E-state index contributed by atoms with van der Waals surface area (Å²) in [6, 6.07) is 0.